The van der Waals surface area contributed by atoms with E-state index in [0.717, 1.165) is 12.2 Å². The first-order valence-corrected chi connectivity index (χ1v) is 6.71. The van der Waals surface area contributed by atoms with Gasteiger partial charge in [0.25, 0.3) is 0 Å². The third-order valence-corrected chi connectivity index (χ3v) is 3.67. The Hall–Kier alpha value is -2.01. The lowest BCUT2D eigenvalue weighted by Gasteiger charge is -2.21. The van der Waals surface area contributed by atoms with Gasteiger partial charge in [-0.3, -0.25) is 0 Å². The third-order valence-electron chi connectivity index (χ3n) is 2.81. The van der Waals surface area contributed by atoms with Crippen molar-refractivity contribution in [3.8, 4) is 0 Å². The van der Waals surface area contributed by atoms with Gasteiger partial charge in [-0.2, -0.15) is 0 Å². The number of carbonyl (C=O) groups excluding carboxylic acids is 1. The monoisotopic (exact) mass is 276 g/mol. The van der Waals surface area contributed by atoms with E-state index in [9.17, 15) is 4.79 Å². The van der Waals surface area contributed by atoms with Crippen molar-refractivity contribution < 1.29 is 9.53 Å². The molecule has 0 aliphatic carbocycles. The molecule has 0 atom stereocenters. The van der Waals surface area contributed by atoms with Gasteiger partial charge in [0.15, 0.2) is 0 Å². The van der Waals surface area contributed by atoms with Gasteiger partial charge in [-0.15, -0.1) is 11.3 Å². The zero-order chi connectivity index (χ0) is 13.8. The minimum atomic E-state index is -0.375. The van der Waals surface area contributed by atoms with E-state index in [1.54, 1.807) is 23.5 Å². The molecule has 100 valence electrons. The highest BCUT2D eigenvalue weighted by Gasteiger charge is 2.15. The Bertz CT molecular complexity index is 567. The number of rotatable bonds is 4. The van der Waals surface area contributed by atoms with Gasteiger partial charge in [0.2, 0.25) is 0 Å². The van der Waals surface area contributed by atoms with Crippen LogP contribution in [0, 0.1) is 0 Å². The van der Waals surface area contributed by atoms with Crippen LogP contribution in [0.15, 0.2) is 35.7 Å². The fourth-order valence-corrected chi connectivity index (χ4v) is 2.64. The Balaban J connectivity index is 2.30. The molecule has 0 radical (unpaired) electrons. The number of ether oxygens (including phenoxy) is 1. The normalized spacial score (nSPS) is 10.2. The molecule has 19 heavy (non-hydrogen) atoms. The molecule has 0 saturated carbocycles. The summed E-state index contributed by atoms with van der Waals surface area (Å²) in [6.45, 7) is 0.742. The van der Waals surface area contributed by atoms with E-state index in [0.29, 0.717) is 11.3 Å². The Kier molecular flexibility index (Phi) is 4.06. The summed E-state index contributed by atoms with van der Waals surface area (Å²) in [5.74, 6) is -0.375. The van der Waals surface area contributed by atoms with Gasteiger partial charge in [-0.05, 0) is 29.6 Å². The molecule has 0 aliphatic heterocycles. The van der Waals surface area contributed by atoms with Crippen molar-refractivity contribution >= 4 is 28.7 Å². The molecule has 2 rings (SSSR count). The van der Waals surface area contributed by atoms with E-state index < -0.39 is 0 Å². The van der Waals surface area contributed by atoms with E-state index in [4.69, 9.17) is 10.5 Å². The van der Waals surface area contributed by atoms with Gasteiger partial charge in [-0.1, -0.05) is 6.07 Å². The van der Waals surface area contributed by atoms with Crippen LogP contribution in [0.1, 0.15) is 15.2 Å². The number of hydrogen-bond donors (Lipinski definition) is 1. The number of carbonyl (C=O) groups is 1. The molecule has 0 bridgehead atoms. The molecule has 1 heterocycles. The number of hydrogen-bond acceptors (Lipinski definition) is 5. The standard InChI is InChI=1S/C14H16N2O2S/c1-16(9-11-4-3-7-19-11)13-6-5-10(15)8-12(13)14(17)18-2/h3-8H,9,15H2,1-2H3. The topological polar surface area (TPSA) is 55.6 Å². The molecule has 0 amide bonds. The fourth-order valence-electron chi connectivity index (χ4n) is 1.88. The Morgan fingerprint density at radius 3 is 2.84 bits per heavy atom. The number of nitrogens with two attached hydrogens (primary N) is 1. The van der Waals surface area contributed by atoms with Gasteiger partial charge in [-0.25, -0.2) is 4.79 Å². The molecule has 0 unspecified atom stereocenters. The summed E-state index contributed by atoms with van der Waals surface area (Å²) in [7, 11) is 3.31. The quantitative estimate of drug-likeness (QED) is 0.689. The molecule has 2 N–H and O–H groups in total. The first-order valence-electron chi connectivity index (χ1n) is 5.83. The molecule has 2 aromatic rings. The number of thiophene rings is 1. The van der Waals surface area contributed by atoms with Crippen LogP contribution in [0.4, 0.5) is 11.4 Å². The van der Waals surface area contributed by atoms with Crippen molar-refractivity contribution in [2.45, 2.75) is 6.54 Å². The molecule has 5 heteroatoms. The number of benzene rings is 1. The number of nitrogen functional groups attached to an aromatic ring is 1. The van der Waals surface area contributed by atoms with E-state index in [1.165, 1.54) is 12.0 Å². The zero-order valence-electron chi connectivity index (χ0n) is 10.9. The lowest BCUT2D eigenvalue weighted by molar-refractivity contribution is 0.0601. The van der Waals surface area contributed by atoms with E-state index in [2.05, 4.69) is 6.07 Å². The van der Waals surface area contributed by atoms with E-state index in [1.807, 2.05) is 29.5 Å². The second-order valence-corrected chi connectivity index (χ2v) is 5.24. The van der Waals surface area contributed by atoms with Crippen molar-refractivity contribution in [2.24, 2.45) is 0 Å². The highest BCUT2D eigenvalue weighted by atomic mass is 32.1. The van der Waals surface area contributed by atoms with Gasteiger partial charge >= 0.3 is 5.97 Å². The SMILES string of the molecule is COC(=O)c1cc(N)ccc1N(C)Cc1cccs1. The second-order valence-electron chi connectivity index (χ2n) is 4.20. The maximum Gasteiger partial charge on any atom is 0.340 e. The number of methoxy groups -OCH3 is 1. The van der Waals surface area contributed by atoms with Crippen LogP contribution in [0.2, 0.25) is 0 Å². The van der Waals surface area contributed by atoms with Gasteiger partial charge < -0.3 is 15.4 Å². The lowest BCUT2D eigenvalue weighted by Crippen LogP contribution is -2.19. The van der Waals surface area contributed by atoms with Crippen LogP contribution in [0.5, 0.6) is 0 Å². The number of nitrogens with zero attached hydrogens (tertiary/aromatic N) is 1. The number of esters is 1. The summed E-state index contributed by atoms with van der Waals surface area (Å²) < 4.78 is 4.80. The molecule has 0 spiro atoms. The summed E-state index contributed by atoms with van der Waals surface area (Å²) in [5, 5.41) is 2.04. The lowest BCUT2D eigenvalue weighted by atomic mass is 10.1. The molecule has 0 fully saturated rings. The first kappa shape index (κ1) is 13.4. The summed E-state index contributed by atoms with van der Waals surface area (Å²) in [5.41, 5.74) is 7.58. The van der Waals surface area contributed by atoms with Crippen molar-refractivity contribution in [1.29, 1.82) is 0 Å². The summed E-state index contributed by atoms with van der Waals surface area (Å²) in [6, 6.07) is 9.35. The van der Waals surface area contributed by atoms with Gasteiger partial charge in [0.1, 0.15) is 0 Å². The average molecular weight is 276 g/mol. The maximum absolute atomic E-state index is 11.8. The number of anilines is 2. The highest BCUT2D eigenvalue weighted by molar-refractivity contribution is 7.09. The van der Waals surface area contributed by atoms with Crippen molar-refractivity contribution in [2.75, 3.05) is 24.8 Å². The molecule has 1 aromatic heterocycles. The van der Waals surface area contributed by atoms with Crippen LogP contribution in [0.25, 0.3) is 0 Å². The zero-order valence-corrected chi connectivity index (χ0v) is 11.7. The summed E-state index contributed by atoms with van der Waals surface area (Å²) in [6.07, 6.45) is 0. The Labute approximate surface area is 116 Å². The molecule has 4 nitrogen and oxygen atoms in total. The predicted molar refractivity (Wildman–Crippen MR) is 78.6 cm³/mol. The Morgan fingerprint density at radius 2 is 2.21 bits per heavy atom. The summed E-state index contributed by atoms with van der Waals surface area (Å²) in [4.78, 5) is 15.0. The molecule has 0 aliphatic rings. The molecule has 1 aromatic carbocycles. The smallest absolute Gasteiger partial charge is 0.340 e. The molecular formula is C14H16N2O2S. The molecule has 0 saturated heterocycles. The first-order chi connectivity index (χ1) is 9.11. The van der Waals surface area contributed by atoms with Gasteiger partial charge in [0.05, 0.1) is 24.9 Å². The van der Waals surface area contributed by atoms with E-state index >= 15 is 0 Å². The van der Waals surface area contributed by atoms with Crippen LogP contribution in [-0.4, -0.2) is 20.1 Å². The van der Waals surface area contributed by atoms with Crippen molar-refractivity contribution in [3.63, 3.8) is 0 Å². The fraction of sp³-hybridized carbons (Fsp3) is 0.214. The van der Waals surface area contributed by atoms with Gasteiger partial charge in [0, 0.05) is 17.6 Å². The second kappa shape index (κ2) is 5.75. The average Bonchev–Trinajstić information content (AvgIpc) is 2.90. The minimum absolute atomic E-state index is 0.375. The predicted octanol–water partition coefficient (Wildman–Crippen LogP) is 2.75. The van der Waals surface area contributed by atoms with Crippen molar-refractivity contribution in [1.82, 2.24) is 0 Å². The third kappa shape index (κ3) is 3.06. The van der Waals surface area contributed by atoms with E-state index in [-0.39, 0.29) is 5.97 Å². The summed E-state index contributed by atoms with van der Waals surface area (Å²) >= 11 is 1.69. The highest BCUT2D eigenvalue weighted by Crippen LogP contribution is 2.25. The molecular weight excluding hydrogens is 260 g/mol. The maximum atomic E-state index is 11.8. The van der Waals surface area contributed by atoms with Crippen molar-refractivity contribution in [3.05, 3.63) is 46.2 Å². The van der Waals surface area contributed by atoms with Crippen LogP contribution < -0.4 is 10.6 Å². The minimum Gasteiger partial charge on any atom is -0.465 e. The van der Waals surface area contributed by atoms with Crippen LogP contribution >= 0.6 is 11.3 Å². The Morgan fingerprint density at radius 1 is 1.42 bits per heavy atom. The largest absolute Gasteiger partial charge is 0.465 e. The van der Waals surface area contributed by atoms with Crippen LogP contribution in [-0.2, 0) is 11.3 Å². The van der Waals surface area contributed by atoms with Crippen LogP contribution in [0.3, 0.4) is 0 Å².